The number of carbonyl (C=O) groups is 1. The van der Waals surface area contributed by atoms with E-state index < -0.39 is 0 Å². The zero-order valence-electron chi connectivity index (χ0n) is 19.4. The number of thiophene rings is 1. The number of hydrazine groups is 1. The lowest BCUT2D eigenvalue weighted by atomic mass is 10.1. The minimum Gasteiger partial charge on any atom is -0.493 e. The van der Waals surface area contributed by atoms with Crippen molar-refractivity contribution in [2.45, 2.75) is 13.8 Å². The second kappa shape index (κ2) is 13.0. The van der Waals surface area contributed by atoms with Crippen molar-refractivity contribution in [2.24, 2.45) is 0 Å². The molecule has 0 spiro atoms. The summed E-state index contributed by atoms with van der Waals surface area (Å²) in [4.78, 5) is 18.9. The maximum absolute atomic E-state index is 12.6. The first-order chi connectivity index (χ1) is 15.0. The zero-order valence-corrected chi connectivity index (χ0v) is 21.1. The van der Waals surface area contributed by atoms with Crippen LogP contribution < -0.4 is 14.9 Å². The molecular formula is C23H35ClN4O3S. The average Bonchev–Trinajstić information content (AvgIpc) is 3.29. The van der Waals surface area contributed by atoms with Crippen LogP contribution in [0.5, 0.6) is 11.5 Å². The Morgan fingerprint density at radius 2 is 1.81 bits per heavy atom. The van der Waals surface area contributed by atoms with Gasteiger partial charge in [-0.15, -0.1) is 23.7 Å². The van der Waals surface area contributed by atoms with Gasteiger partial charge in [0.25, 0.3) is 5.91 Å². The Morgan fingerprint density at radius 3 is 2.47 bits per heavy atom. The van der Waals surface area contributed by atoms with E-state index in [1.165, 1.54) is 11.3 Å². The van der Waals surface area contributed by atoms with Crippen LogP contribution in [0.1, 0.15) is 23.5 Å². The third kappa shape index (κ3) is 7.08. The second-order valence-electron chi connectivity index (χ2n) is 7.64. The average molecular weight is 483 g/mol. The standard InChI is InChI=1S/C23H34N4O3S.ClH/c1-5-26(6-2)15-16-30-19-8-7-18(17-20(19)29-4)21-9-10-22(31-21)23(28)24-27-13-11-25(3)12-14-27;/h7-10,17H,5-6,11-16H2,1-4H3,(H,24,28);1H. The Kier molecular flexibility index (Phi) is 10.7. The van der Waals surface area contributed by atoms with Crippen molar-refractivity contribution in [1.29, 1.82) is 0 Å². The fraction of sp³-hybridized carbons (Fsp3) is 0.522. The monoisotopic (exact) mass is 482 g/mol. The third-order valence-corrected chi connectivity index (χ3v) is 6.73. The number of piperazine rings is 1. The lowest BCUT2D eigenvalue weighted by Crippen LogP contribution is -2.52. The highest BCUT2D eigenvalue weighted by atomic mass is 35.5. The van der Waals surface area contributed by atoms with Crippen molar-refractivity contribution < 1.29 is 14.3 Å². The van der Waals surface area contributed by atoms with E-state index in [2.05, 4.69) is 36.1 Å². The minimum absolute atomic E-state index is 0. The molecule has 0 aliphatic carbocycles. The summed E-state index contributed by atoms with van der Waals surface area (Å²) in [5.74, 6) is 1.39. The maximum Gasteiger partial charge on any atom is 0.275 e. The Bertz CT molecular complexity index is 852. The Morgan fingerprint density at radius 1 is 1.09 bits per heavy atom. The molecule has 0 bridgehead atoms. The van der Waals surface area contributed by atoms with Crippen molar-refractivity contribution in [3.63, 3.8) is 0 Å². The normalized spacial score (nSPS) is 14.8. The molecule has 1 amide bonds. The topological polar surface area (TPSA) is 57.3 Å². The van der Waals surface area contributed by atoms with Crippen molar-refractivity contribution in [3.05, 3.63) is 35.2 Å². The van der Waals surface area contributed by atoms with Gasteiger partial charge in [-0.05, 0) is 56.0 Å². The van der Waals surface area contributed by atoms with E-state index in [1.807, 2.05) is 35.3 Å². The van der Waals surface area contributed by atoms with E-state index >= 15 is 0 Å². The first-order valence-electron chi connectivity index (χ1n) is 10.9. The summed E-state index contributed by atoms with van der Waals surface area (Å²) in [6.07, 6.45) is 0. The number of halogens is 1. The summed E-state index contributed by atoms with van der Waals surface area (Å²) in [6.45, 7) is 11.4. The van der Waals surface area contributed by atoms with Crippen molar-refractivity contribution in [3.8, 4) is 21.9 Å². The van der Waals surface area contributed by atoms with Crippen LogP contribution in [-0.2, 0) is 0 Å². The van der Waals surface area contributed by atoms with Gasteiger partial charge in [-0.1, -0.05) is 13.8 Å². The number of hydrogen-bond acceptors (Lipinski definition) is 7. The number of benzene rings is 1. The Labute approximate surface area is 201 Å². The molecule has 32 heavy (non-hydrogen) atoms. The maximum atomic E-state index is 12.6. The third-order valence-electron chi connectivity index (χ3n) is 5.60. The molecule has 9 heteroatoms. The second-order valence-corrected chi connectivity index (χ2v) is 8.72. The van der Waals surface area contributed by atoms with Crippen LogP contribution in [0.4, 0.5) is 0 Å². The van der Waals surface area contributed by atoms with Crippen molar-refractivity contribution in [2.75, 3.05) is 66.6 Å². The van der Waals surface area contributed by atoms with Crippen LogP contribution in [0, 0.1) is 0 Å². The van der Waals surface area contributed by atoms with Gasteiger partial charge in [0.2, 0.25) is 0 Å². The summed E-state index contributed by atoms with van der Waals surface area (Å²) < 4.78 is 11.5. The molecule has 178 valence electrons. The molecule has 0 atom stereocenters. The predicted molar refractivity (Wildman–Crippen MR) is 133 cm³/mol. The molecule has 1 aliphatic heterocycles. The molecule has 0 unspecified atom stereocenters. The first-order valence-corrected chi connectivity index (χ1v) is 11.7. The quantitative estimate of drug-likeness (QED) is 0.559. The Balaban J connectivity index is 0.00000363. The molecule has 7 nitrogen and oxygen atoms in total. The molecule has 1 saturated heterocycles. The molecular weight excluding hydrogens is 448 g/mol. The van der Waals surface area contributed by atoms with E-state index in [0.29, 0.717) is 17.2 Å². The highest BCUT2D eigenvalue weighted by Gasteiger charge is 2.18. The number of nitrogens with zero attached hydrogens (tertiary/aromatic N) is 3. The van der Waals surface area contributed by atoms with E-state index in [4.69, 9.17) is 9.47 Å². The van der Waals surface area contributed by atoms with Gasteiger partial charge in [0, 0.05) is 37.6 Å². The number of carbonyl (C=O) groups excluding carboxylic acids is 1. The number of methoxy groups -OCH3 is 1. The summed E-state index contributed by atoms with van der Waals surface area (Å²) in [5.41, 5.74) is 4.03. The zero-order chi connectivity index (χ0) is 22.2. The van der Waals surface area contributed by atoms with E-state index in [-0.39, 0.29) is 18.3 Å². The fourth-order valence-electron chi connectivity index (χ4n) is 3.50. The van der Waals surface area contributed by atoms with Crippen molar-refractivity contribution >= 4 is 29.7 Å². The molecule has 1 aromatic carbocycles. The lowest BCUT2D eigenvalue weighted by Gasteiger charge is -2.32. The number of ether oxygens (including phenoxy) is 2. The fourth-order valence-corrected chi connectivity index (χ4v) is 4.39. The first kappa shape index (κ1) is 26.4. The molecule has 1 N–H and O–H groups in total. The molecule has 0 saturated carbocycles. The smallest absolute Gasteiger partial charge is 0.275 e. The van der Waals surface area contributed by atoms with Crippen LogP contribution in [0.15, 0.2) is 30.3 Å². The predicted octanol–water partition coefficient (Wildman–Crippen LogP) is 3.46. The van der Waals surface area contributed by atoms with Gasteiger partial charge in [0.1, 0.15) is 6.61 Å². The Hall–Kier alpha value is -1.84. The van der Waals surface area contributed by atoms with Gasteiger partial charge in [-0.3, -0.25) is 10.2 Å². The summed E-state index contributed by atoms with van der Waals surface area (Å²) in [6, 6.07) is 9.80. The highest BCUT2D eigenvalue weighted by molar-refractivity contribution is 7.17. The molecule has 1 aromatic heterocycles. The molecule has 2 aromatic rings. The molecule has 0 radical (unpaired) electrons. The van der Waals surface area contributed by atoms with Crippen LogP contribution in [0.3, 0.4) is 0 Å². The summed E-state index contributed by atoms with van der Waals surface area (Å²) in [5, 5.41) is 2.00. The minimum atomic E-state index is -0.0517. The molecule has 2 heterocycles. The van der Waals surface area contributed by atoms with E-state index in [0.717, 1.165) is 62.0 Å². The molecule has 3 rings (SSSR count). The van der Waals surface area contributed by atoms with Gasteiger partial charge >= 0.3 is 0 Å². The van der Waals surface area contributed by atoms with Gasteiger partial charge in [-0.25, -0.2) is 5.01 Å². The van der Waals surface area contributed by atoms with E-state index in [9.17, 15) is 4.79 Å². The number of rotatable bonds is 10. The lowest BCUT2D eigenvalue weighted by molar-refractivity contribution is 0.0666. The number of nitrogens with one attached hydrogen (secondary N) is 1. The van der Waals surface area contributed by atoms with Crippen LogP contribution in [-0.4, -0.2) is 87.3 Å². The number of hydrogen-bond donors (Lipinski definition) is 1. The molecule has 1 aliphatic rings. The number of amides is 1. The highest BCUT2D eigenvalue weighted by Crippen LogP contribution is 2.35. The van der Waals surface area contributed by atoms with Crippen LogP contribution in [0.2, 0.25) is 0 Å². The van der Waals surface area contributed by atoms with Crippen molar-refractivity contribution in [1.82, 2.24) is 20.2 Å². The summed E-state index contributed by atoms with van der Waals surface area (Å²) >= 11 is 1.48. The number of likely N-dealkylation sites (N-methyl/N-ethyl adjacent to an activating group) is 2. The van der Waals surface area contributed by atoms with Crippen LogP contribution in [0.25, 0.3) is 10.4 Å². The van der Waals surface area contributed by atoms with Gasteiger partial charge in [0.15, 0.2) is 11.5 Å². The SMILES string of the molecule is CCN(CC)CCOc1ccc(-c2ccc(C(=O)NN3CCN(C)CC3)s2)cc1OC.Cl. The van der Waals surface area contributed by atoms with Crippen LogP contribution >= 0.6 is 23.7 Å². The summed E-state index contributed by atoms with van der Waals surface area (Å²) in [7, 11) is 3.75. The van der Waals surface area contributed by atoms with Gasteiger partial charge < -0.3 is 19.3 Å². The molecule has 1 fully saturated rings. The van der Waals surface area contributed by atoms with E-state index in [1.54, 1.807) is 7.11 Å². The van der Waals surface area contributed by atoms with Gasteiger partial charge in [0.05, 0.1) is 12.0 Å². The van der Waals surface area contributed by atoms with Gasteiger partial charge in [-0.2, -0.15) is 0 Å². The largest absolute Gasteiger partial charge is 0.493 e.